The molecular formula is C15H23N7O. The zero-order valence-corrected chi connectivity index (χ0v) is 13.6. The topological polar surface area (TPSA) is 80.0 Å². The number of urea groups is 1. The van der Waals surface area contributed by atoms with Crippen LogP contribution in [0.4, 0.5) is 10.5 Å². The highest BCUT2D eigenvalue weighted by Gasteiger charge is 2.22. The fraction of sp³-hybridized carbons (Fsp3) is 0.533. The Morgan fingerprint density at radius 1 is 1.26 bits per heavy atom. The van der Waals surface area contributed by atoms with Crippen molar-refractivity contribution in [1.29, 1.82) is 0 Å². The number of carbonyl (C=O) groups excluding carboxylic acids is 1. The molecule has 1 fully saturated rings. The van der Waals surface area contributed by atoms with E-state index in [9.17, 15) is 4.79 Å². The molecule has 1 saturated heterocycles. The monoisotopic (exact) mass is 317 g/mol. The minimum Gasteiger partial charge on any atom is -0.367 e. The molecular weight excluding hydrogens is 294 g/mol. The number of nitrogens with one attached hydrogen (secondary N) is 2. The van der Waals surface area contributed by atoms with Gasteiger partial charge in [0.2, 0.25) is 0 Å². The molecule has 2 amide bonds. The second-order valence-electron chi connectivity index (χ2n) is 6.01. The number of nitrogens with zero attached hydrogens (tertiary/aromatic N) is 5. The molecule has 0 saturated carbocycles. The van der Waals surface area contributed by atoms with Crippen molar-refractivity contribution in [3.63, 3.8) is 0 Å². The minimum atomic E-state index is -0.133. The highest BCUT2D eigenvalue weighted by molar-refractivity contribution is 5.74. The number of anilines is 1. The molecule has 2 aromatic rings. The van der Waals surface area contributed by atoms with Gasteiger partial charge in [0.25, 0.3) is 0 Å². The van der Waals surface area contributed by atoms with Gasteiger partial charge in [0.1, 0.15) is 0 Å². The summed E-state index contributed by atoms with van der Waals surface area (Å²) in [5.41, 5.74) is 2.10. The quantitative estimate of drug-likeness (QED) is 0.866. The van der Waals surface area contributed by atoms with Crippen LogP contribution in [0.2, 0.25) is 0 Å². The maximum atomic E-state index is 12.1. The van der Waals surface area contributed by atoms with Crippen molar-refractivity contribution in [3.8, 4) is 0 Å². The number of hydrogen-bond donors (Lipinski definition) is 2. The van der Waals surface area contributed by atoms with E-state index >= 15 is 0 Å². The lowest BCUT2D eigenvalue weighted by Gasteiger charge is -2.33. The highest BCUT2D eigenvalue weighted by atomic mass is 16.2. The van der Waals surface area contributed by atoms with Crippen LogP contribution in [0.5, 0.6) is 0 Å². The van der Waals surface area contributed by atoms with Gasteiger partial charge in [-0.3, -0.25) is 9.36 Å². The van der Waals surface area contributed by atoms with E-state index in [0.717, 1.165) is 37.2 Å². The lowest BCUT2D eigenvalue weighted by molar-refractivity contribution is 0.234. The molecule has 1 atom stereocenters. The molecule has 0 spiro atoms. The molecule has 0 aliphatic carbocycles. The van der Waals surface area contributed by atoms with E-state index in [1.165, 1.54) is 0 Å². The third-order valence-electron chi connectivity index (χ3n) is 4.02. The van der Waals surface area contributed by atoms with Crippen LogP contribution in [0.3, 0.4) is 0 Å². The summed E-state index contributed by atoms with van der Waals surface area (Å²) in [5.74, 6) is 0. The van der Waals surface area contributed by atoms with E-state index in [2.05, 4.69) is 25.7 Å². The third kappa shape index (κ3) is 4.02. The van der Waals surface area contributed by atoms with E-state index in [1.54, 1.807) is 15.6 Å². The molecule has 8 nitrogen and oxygen atoms in total. The van der Waals surface area contributed by atoms with Crippen LogP contribution in [-0.2, 0) is 20.6 Å². The average Bonchev–Trinajstić information content (AvgIpc) is 3.14. The largest absolute Gasteiger partial charge is 0.367 e. The van der Waals surface area contributed by atoms with Gasteiger partial charge in [0.15, 0.2) is 0 Å². The number of hydrogen-bond acceptors (Lipinski definition) is 4. The Bertz CT molecular complexity index is 662. The van der Waals surface area contributed by atoms with Crippen molar-refractivity contribution < 1.29 is 4.79 Å². The Morgan fingerprint density at radius 2 is 2.04 bits per heavy atom. The Labute approximate surface area is 135 Å². The van der Waals surface area contributed by atoms with Gasteiger partial charge in [-0.05, 0) is 12.8 Å². The van der Waals surface area contributed by atoms with Gasteiger partial charge >= 0.3 is 6.03 Å². The molecule has 0 aromatic carbocycles. The normalized spacial score (nSPS) is 18.0. The van der Waals surface area contributed by atoms with Crippen LogP contribution >= 0.6 is 0 Å². The molecule has 1 aliphatic rings. The highest BCUT2D eigenvalue weighted by Crippen LogP contribution is 2.18. The van der Waals surface area contributed by atoms with Gasteiger partial charge in [-0.25, -0.2) is 4.79 Å². The second-order valence-corrected chi connectivity index (χ2v) is 6.01. The van der Waals surface area contributed by atoms with Gasteiger partial charge in [-0.1, -0.05) is 0 Å². The fourth-order valence-corrected chi connectivity index (χ4v) is 2.88. The summed E-state index contributed by atoms with van der Waals surface area (Å²) in [6, 6.07) is 0.0183. The van der Waals surface area contributed by atoms with Crippen molar-refractivity contribution >= 4 is 11.7 Å². The summed E-state index contributed by atoms with van der Waals surface area (Å²) < 4.78 is 3.52. The molecule has 0 bridgehead atoms. The van der Waals surface area contributed by atoms with Gasteiger partial charge in [-0.15, -0.1) is 0 Å². The predicted octanol–water partition coefficient (Wildman–Crippen LogP) is 0.622. The maximum absolute atomic E-state index is 12.1. The zero-order valence-electron chi connectivity index (χ0n) is 13.6. The lowest BCUT2D eigenvalue weighted by atomic mass is 10.1. The van der Waals surface area contributed by atoms with Crippen LogP contribution < -0.4 is 15.5 Å². The molecule has 2 N–H and O–H groups in total. The third-order valence-corrected chi connectivity index (χ3v) is 4.02. The van der Waals surface area contributed by atoms with Crippen LogP contribution in [0.25, 0.3) is 0 Å². The average molecular weight is 317 g/mol. The maximum Gasteiger partial charge on any atom is 0.315 e. The van der Waals surface area contributed by atoms with Gasteiger partial charge in [-0.2, -0.15) is 10.2 Å². The first-order valence-corrected chi connectivity index (χ1v) is 7.85. The van der Waals surface area contributed by atoms with Crippen LogP contribution in [0.15, 0.2) is 24.8 Å². The predicted molar refractivity (Wildman–Crippen MR) is 87.0 cm³/mol. The second kappa shape index (κ2) is 6.72. The molecule has 23 heavy (non-hydrogen) atoms. The van der Waals surface area contributed by atoms with E-state index in [1.807, 2.05) is 32.7 Å². The first kappa shape index (κ1) is 15.4. The summed E-state index contributed by atoms with van der Waals surface area (Å²) in [6.07, 6.45) is 9.57. The van der Waals surface area contributed by atoms with E-state index in [4.69, 9.17) is 0 Å². The van der Waals surface area contributed by atoms with Crippen molar-refractivity contribution in [2.45, 2.75) is 25.4 Å². The van der Waals surface area contributed by atoms with E-state index in [0.29, 0.717) is 6.54 Å². The first-order chi connectivity index (χ1) is 11.1. The first-order valence-electron chi connectivity index (χ1n) is 7.85. The van der Waals surface area contributed by atoms with Crippen molar-refractivity contribution in [3.05, 3.63) is 30.4 Å². The summed E-state index contributed by atoms with van der Waals surface area (Å²) in [5, 5.41) is 14.2. The molecule has 3 rings (SSSR count). The summed E-state index contributed by atoms with van der Waals surface area (Å²) >= 11 is 0. The van der Waals surface area contributed by atoms with Gasteiger partial charge in [0, 0.05) is 57.7 Å². The van der Waals surface area contributed by atoms with Crippen LogP contribution in [-0.4, -0.2) is 44.7 Å². The Hall–Kier alpha value is -2.51. The summed E-state index contributed by atoms with van der Waals surface area (Å²) in [6.45, 7) is 2.30. The molecule has 1 aliphatic heterocycles. The molecule has 8 heteroatoms. The molecule has 3 heterocycles. The van der Waals surface area contributed by atoms with Gasteiger partial charge < -0.3 is 15.5 Å². The van der Waals surface area contributed by atoms with Crippen LogP contribution in [0.1, 0.15) is 18.4 Å². The summed E-state index contributed by atoms with van der Waals surface area (Å²) in [4.78, 5) is 14.3. The van der Waals surface area contributed by atoms with Crippen LogP contribution in [0, 0.1) is 0 Å². The number of aryl methyl sites for hydroxylation is 2. The number of amides is 2. The molecule has 124 valence electrons. The lowest BCUT2D eigenvalue weighted by Crippen LogP contribution is -2.50. The molecule has 0 radical (unpaired) electrons. The van der Waals surface area contributed by atoms with Crippen molar-refractivity contribution in [2.75, 3.05) is 18.0 Å². The fourth-order valence-electron chi connectivity index (χ4n) is 2.88. The SMILES string of the molecule is Cn1cc(CNC(=O)NC2CCCN(c3cnn(C)c3)C2)cn1. The number of piperidine rings is 1. The van der Waals surface area contributed by atoms with Crippen molar-refractivity contribution in [2.24, 2.45) is 14.1 Å². The summed E-state index contributed by atoms with van der Waals surface area (Å²) in [7, 11) is 3.77. The number of carbonyl (C=O) groups is 1. The smallest absolute Gasteiger partial charge is 0.315 e. The van der Waals surface area contributed by atoms with Gasteiger partial charge in [0.05, 0.1) is 18.1 Å². The van der Waals surface area contributed by atoms with E-state index in [-0.39, 0.29) is 12.1 Å². The minimum absolute atomic E-state index is 0.133. The molecule has 2 aromatic heterocycles. The standard InChI is InChI=1S/C15H23N7O/c1-20-9-12(7-17-20)6-16-15(23)19-13-4-3-5-22(10-13)14-8-18-21(2)11-14/h7-9,11,13H,3-6,10H2,1-2H3,(H2,16,19,23). The molecule has 1 unspecified atom stereocenters. The number of rotatable bonds is 4. The Balaban J connectivity index is 1.48. The number of aromatic nitrogens is 4. The van der Waals surface area contributed by atoms with Crippen molar-refractivity contribution in [1.82, 2.24) is 30.2 Å². The zero-order chi connectivity index (χ0) is 16.2. The Morgan fingerprint density at radius 3 is 2.74 bits per heavy atom. The Kier molecular flexibility index (Phi) is 4.50. The van der Waals surface area contributed by atoms with E-state index < -0.39 is 0 Å².